The highest BCUT2D eigenvalue weighted by atomic mass is 79.9. The van der Waals surface area contributed by atoms with E-state index in [1.165, 1.54) is 0 Å². The number of alkyl halides is 2. The van der Waals surface area contributed by atoms with Crippen LogP contribution in [0.4, 0.5) is 13.6 Å². The summed E-state index contributed by atoms with van der Waals surface area (Å²) in [5.74, 6) is 0.461. The van der Waals surface area contributed by atoms with E-state index in [2.05, 4.69) is 20.8 Å². The Morgan fingerprint density at radius 2 is 1.88 bits per heavy atom. The van der Waals surface area contributed by atoms with Gasteiger partial charge in [0.25, 0.3) is 6.43 Å². The molecule has 1 heterocycles. The highest BCUT2D eigenvalue weighted by Gasteiger charge is 2.26. The minimum atomic E-state index is -2.51. The SMILES string of the molecule is CC(C)(C)OC(=O)N1CCN(Cc2cc(Br)ccc2OCC(F)F)CC1. The molecular weight excluding hydrogens is 410 g/mol. The van der Waals surface area contributed by atoms with Gasteiger partial charge in [-0.15, -0.1) is 0 Å². The number of rotatable bonds is 5. The summed E-state index contributed by atoms with van der Waals surface area (Å²) in [5, 5.41) is 0. The van der Waals surface area contributed by atoms with Crippen molar-refractivity contribution in [2.24, 2.45) is 0 Å². The maximum atomic E-state index is 12.4. The zero-order valence-corrected chi connectivity index (χ0v) is 16.9. The second-order valence-corrected chi connectivity index (χ2v) is 8.11. The van der Waals surface area contributed by atoms with E-state index in [0.29, 0.717) is 38.5 Å². The Kier molecular flexibility index (Phi) is 7.23. The van der Waals surface area contributed by atoms with Crippen LogP contribution in [0.25, 0.3) is 0 Å². The number of benzene rings is 1. The van der Waals surface area contributed by atoms with Crippen molar-refractivity contribution in [2.45, 2.75) is 39.3 Å². The molecule has 5 nitrogen and oxygen atoms in total. The quantitative estimate of drug-likeness (QED) is 0.697. The molecule has 1 aromatic rings. The molecule has 8 heteroatoms. The van der Waals surface area contributed by atoms with Crippen LogP contribution in [0.2, 0.25) is 0 Å². The van der Waals surface area contributed by atoms with Crippen LogP contribution in [-0.2, 0) is 11.3 Å². The van der Waals surface area contributed by atoms with Gasteiger partial charge in [-0.25, -0.2) is 13.6 Å². The van der Waals surface area contributed by atoms with Crippen LogP contribution in [0.3, 0.4) is 0 Å². The number of hydrogen-bond acceptors (Lipinski definition) is 4. The molecule has 0 saturated carbocycles. The molecule has 1 aromatic carbocycles. The van der Waals surface area contributed by atoms with Crippen LogP contribution in [-0.4, -0.2) is 60.7 Å². The lowest BCUT2D eigenvalue weighted by Crippen LogP contribution is -2.49. The molecule has 1 fully saturated rings. The van der Waals surface area contributed by atoms with Crippen molar-refractivity contribution >= 4 is 22.0 Å². The van der Waals surface area contributed by atoms with E-state index in [4.69, 9.17) is 9.47 Å². The minimum Gasteiger partial charge on any atom is -0.487 e. The topological polar surface area (TPSA) is 42.0 Å². The third-order valence-corrected chi connectivity index (χ3v) is 4.30. The van der Waals surface area contributed by atoms with Crippen molar-refractivity contribution in [1.82, 2.24) is 9.80 Å². The lowest BCUT2D eigenvalue weighted by atomic mass is 10.1. The van der Waals surface area contributed by atoms with Crippen molar-refractivity contribution in [3.05, 3.63) is 28.2 Å². The summed E-state index contributed by atoms with van der Waals surface area (Å²) < 4.78 is 36.3. The monoisotopic (exact) mass is 434 g/mol. The Labute approximate surface area is 161 Å². The number of carbonyl (C=O) groups is 1. The fraction of sp³-hybridized carbons (Fsp3) is 0.611. The summed E-state index contributed by atoms with van der Waals surface area (Å²) in [6.45, 7) is 7.97. The van der Waals surface area contributed by atoms with Gasteiger partial charge in [0.05, 0.1) is 0 Å². The average molecular weight is 435 g/mol. The maximum absolute atomic E-state index is 12.4. The number of amides is 1. The third kappa shape index (κ3) is 6.72. The van der Waals surface area contributed by atoms with E-state index < -0.39 is 18.6 Å². The second kappa shape index (κ2) is 8.99. The highest BCUT2D eigenvalue weighted by Crippen LogP contribution is 2.25. The molecule has 0 aromatic heterocycles. The fourth-order valence-electron chi connectivity index (χ4n) is 2.62. The van der Waals surface area contributed by atoms with Gasteiger partial charge in [0, 0.05) is 42.8 Å². The number of carbonyl (C=O) groups excluding carboxylic acids is 1. The summed E-state index contributed by atoms with van der Waals surface area (Å²) in [6.07, 6.45) is -2.82. The van der Waals surface area contributed by atoms with Crippen molar-refractivity contribution in [1.29, 1.82) is 0 Å². The van der Waals surface area contributed by atoms with Gasteiger partial charge in [0.15, 0.2) is 0 Å². The molecule has 1 saturated heterocycles. The largest absolute Gasteiger partial charge is 0.487 e. The van der Waals surface area contributed by atoms with Gasteiger partial charge in [0.1, 0.15) is 18.0 Å². The first-order valence-corrected chi connectivity index (χ1v) is 9.33. The molecule has 0 aliphatic carbocycles. The molecule has 1 amide bonds. The van der Waals surface area contributed by atoms with Gasteiger partial charge in [0.2, 0.25) is 0 Å². The Balaban J connectivity index is 1.93. The molecule has 1 aliphatic heterocycles. The van der Waals surface area contributed by atoms with Gasteiger partial charge >= 0.3 is 6.09 Å². The van der Waals surface area contributed by atoms with Crippen molar-refractivity contribution in [2.75, 3.05) is 32.8 Å². The van der Waals surface area contributed by atoms with Gasteiger partial charge < -0.3 is 14.4 Å². The molecular formula is C18H25BrF2N2O3. The lowest BCUT2D eigenvalue weighted by Gasteiger charge is -2.35. The Morgan fingerprint density at radius 1 is 1.23 bits per heavy atom. The molecule has 0 radical (unpaired) electrons. The average Bonchev–Trinajstić information content (AvgIpc) is 2.53. The zero-order valence-electron chi connectivity index (χ0n) is 15.3. The molecule has 0 N–H and O–H groups in total. The summed E-state index contributed by atoms with van der Waals surface area (Å²) >= 11 is 3.41. The lowest BCUT2D eigenvalue weighted by molar-refractivity contribution is 0.0138. The number of hydrogen-bond donors (Lipinski definition) is 0. The van der Waals surface area contributed by atoms with Crippen molar-refractivity contribution in [3.8, 4) is 5.75 Å². The summed E-state index contributed by atoms with van der Waals surface area (Å²) in [5.41, 5.74) is 0.326. The molecule has 26 heavy (non-hydrogen) atoms. The molecule has 1 aliphatic rings. The summed E-state index contributed by atoms with van der Waals surface area (Å²) in [6, 6.07) is 5.34. The maximum Gasteiger partial charge on any atom is 0.410 e. The minimum absolute atomic E-state index is 0.305. The zero-order chi connectivity index (χ0) is 19.3. The molecule has 0 bridgehead atoms. The van der Waals surface area contributed by atoms with Gasteiger partial charge in [-0.05, 0) is 39.0 Å². The van der Waals surface area contributed by atoms with Gasteiger partial charge in [-0.3, -0.25) is 4.90 Å². The number of nitrogens with zero attached hydrogens (tertiary/aromatic N) is 2. The first kappa shape index (κ1) is 20.9. The molecule has 146 valence electrons. The Morgan fingerprint density at radius 3 is 2.46 bits per heavy atom. The van der Waals surface area contributed by atoms with Crippen LogP contribution in [0, 0.1) is 0 Å². The van der Waals surface area contributed by atoms with Gasteiger partial charge in [-0.2, -0.15) is 0 Å². The van der Waals surface area contributed by atoms with Crippen LogP contribution in [0.1, 0.15) is 26.3 Å². The van der Waals surface area contributed by atoms with Crippen LogP contribution in [0.15, 0.2) is 22.7 Å². The fourth-order valence-corrected chi connectivity index (χ4v) is 3.03. The van der Waals surface area contributed by atoms with Crippen molar-refractivity contribution < 1.29 is 23.0 Å². The number of piperazine rings is 1. The van der Waals surface area contributed by atoms with E-state index in [1.807, 2.05) is 26.8 Å². The van der Waals surface area contributed by atoms with E-state index in [1.54, 1.807) is 17.0 Å². The molecule has 2 rings (SSSR count). The van der Waals surface area contributed by atoms with E-state index in [-0.39, 0.29) is 6.09 Å². The van der Waals surface area contributed by atoms with Crippen LogP contribution < -0.4 is 4.74 Å². The van der Waals surface area contributed by atoms with E-state index in [9.17, 15) is 13.6 Å². The van der Waals surface area contributed by atoms with Crippen LogP contribution >= 0.6 is 15.9 Å². The van der Waals surface area contributed by atoms with Gasteiger partial charge in [-0.1, -0.05) is 15.9 Å². The van der Waals surface area contributed by atoms with E-state index in [0.717, 1.165) is 10.0 Å². The standard InChI is InChI=1S/C18H25BrF2N2O3/c1-18(2,3)26-17(24)23-8-6-22(7-9-23)11-13-10-14(19)4-5-15(13)25-12-16(20)21/h4-5,10,16H,6-9,11-12H2,1-3H3. The highest BCUT2D eigenvalue weighted by molar-refractivity contribution is 9.10. The smallest absolute Gasteiger partial charge is 0.410 e. The predicted octanol–water partition coefficient (Wildman–Crippen LogP) is 4.15. The molecule has 0 unspecified atom stereocenters. The normalized spacial score (nSPS) is 16.0. The summed E-state index contributed by atoms with van der Waals surface area (Å²) in [7, 11) is 0. The van der Waals surface area contributed by atoms with Crippen molar-refractivity contribution in [3.63, 3.8) is 0 Å². The van der Waals surface area contributed by atoms with E-state index >= 15 is 0 Å². The Hall–Kier alpha value is -1.41. The summed E-state index contributed by atoms with van der Waals surface area (Å²) in [4.78, 5) is 16.0. The third-order valence-electron chi connectivity index (χ3n) is 3.81. The first-order valence-electron chi connectivity index (χ1n) is 8.54. The Bertz CT molecular complexity index is 615. The second-order valence-electron chi connectivity index (χ2n) is 7.20. The molecule has 0 spiro atoms. The molecule has 0 atom stereocenters. The predicted molar refractivity (Wildman–Crippen MR) is 98.7 cm³/mol. The number of ether oxygens (including phenoxy) is 2. The first-order chi connectivity index (χ1) is 12.1. The number of halogens is 3. The van der Waals surface area contributed by atoms with Crippen LogP contribution in [0.5, 0.6) is 5.75 Å².